The molecule has 0 aromatic carbocycles. The normalized spacial score (nSPS) is 19.4. The molecule has 0 aliphatic heterocycles. The van der Waals surface area contributed by atoms with Crippen LogP contribution in [-0.4, -0.2) is 42.4 Å². The van der Waals surface area contributed by atoms with E-state index in [0.29, 0.717) is 0 Å². The summed E-state index contributed by atoms with van der Waals surface area (Å²) >= 11 is 0. The van der Waals surface area contributed by atoms with E-state index in [1.54, 1.807) is 0 Å². The van der Waals surface area contributed by atoms with E-state index in [0.717, 1.165) is 38.4 Å². The number of hydrogen-bond donors (Lipinski definition) is 2. The minimum atomic E-state index is -3.61. The zero-order chi connectivity index (χ0) is 15.6. The highest BCUT2D eigenvalue weighted by Gasteiger charge is 2.41. The SMILES string of the molecule is CC(C)(C(=O)NC(C(=O)O)C1CCCCC1)S(C)(=O)=O. The molecule has 0 radical (unpaired) electrons. The van der Waals surface area contributed by atoms with Crippen LogP contribution in [0.3, 0.4) is 0 Å². The van der Waals surface area contributed by atoms with E-state index in [1.807, 2.05) is 0 Å². The maximum Gasteiger partial charge on any atom is 0.326 e. The lowest BCUT2D eigenvalue weighted by molar-refractivity contribution is -0.144. The predicted molar refractivity (Wildman–Crippen MR) is 75.1 cm³/mol. The van der Waals surface area contributed by atoms with Gasteiger partial charge in [0.2, 0.25) is 5.91 Å². The molecule has 7 heteroatoms. The number of nitrogens with one attached hydrogen (secondary N) is 1. The number of carbonyl (C=O) groups is 2. The summed E-state index contributed by atoms with van der Waals surface area (Å²) < 4.78 is 21.6. The fourth-order valence-corrected chi connectivity index (χ4v) is 2.73. The lowest BCUT2D eigenvalue weighted by atomic mass is 9.83. The molecule has 1 unspecified atom stereocenters. The second-order valence-electron chi connectivity index (χ2n) is 5.97. The average Bonchev–Trinajstić information content (AvgIpc) is 2.34. The first kappa shape index (κ1) is 16.9. The Morgan fingerprint density at radius 1 is 1.20 bits per heavy atom. The highest BCUT2D eigenvalue weighted by molar-refractivity contribution is 7.92. The summed E-state index contributed by atoms with van der Waals surface area (Å²) in [5.41, 5.74) is 0. The maximum atomic E-state index is 12.1. The van der Waals surface area contributed by atoms with E-state index in [-0.39, 0.29) is 5.92 Å². The smallest absolute Gasteiger partial charge is 0.326 e. The van der Waals surface area contributed by atoms with Crippen molar-refractivity contribution in [1.82, 2.24) is 5.32 Å². The van der Waals surface area contributed by atoms with Crippen LogP contribution in [0.4, 0.5) is 0 Å². The highest BCUT2D eigenvalue weighted by Crippen LogP contribution is 2.27. The molecule has 1 saturated carbocycles. The van der Waals surface area contributed by atoms with Crippen molar-refractivity contribution in [2.24, 2.45) is 5.92 Å². The number of carboxylic acids is 1. The Bertz CT molecular complexity index is 477. The van der Waals surface area contributed by atoms with Crippen molar-refractivity contribution in [1.29, 1.82) is 0 Å². The molecule has 0 aromatic rings. The van der Waals surface area contributed by atoms with Crippen LogP contribution in [0.2, 0.25) is 0 Å². The summed E-state index contributed by atoms with van der Waals surface area (Å²) in [7, 11) is -3.61. The van der Waals surface area contributed by atoms with Gasteiger partial charge in [0.25, 0.3) is 0 Å². The minimum absolute atomic E-state index is 0.124. The Balaban J connectivity index is 2.86. The minimum Gasteiger partial charge on any atom is -0.480 e. The van der Waals surface area contributed by atoms with Gasteiger partial charge in [-0.3, -0.25) is 4.79 Å². The number of hydrogen-bond acceptors (Lipinski definition) is 4. The van der Waals surface area contributed by atoms with Gasteiger partial charge in [-0.25, -0.2) is 13.2 Å². The molecule has 2 N–H and O–H groups in total. The van der Waals surface area contributed by atoms with E-state index in [1.165, 1.54) is 13.8 Å². The van der Waals surface area contributed by atoms with Crippen molar-refractivity contribution in [2.75, 3.05) is 6.26 Å². The van der Waals surface area contributed by atoms with Gasteiger partial charge < -0.3 is 10.4 Å². The van der Waals surface area contributed by atoms with Gasteiger partial charge in [-0.2, -0.15) is 0 Å². The van der Waals surface area contributed by atoms with Crippen LogP contribution in [0.5, 0.6) is 0 Å². The monoisotopic (exact) mass is 305 g/mol. The Hall–Kier alpha value is -1.11. The highest BCUT2D eigenvalue weighted by atomic mass is 32.2. The molecule has 6 nitrogen and oxygen atoms in total. The molecule has 0 saturated heterocycles. The summed E-state index contributed by atoms with van der Waals surface area (Å²) in [6, 6.07) is -1.01. The van der Waals surface area contributed by atoms with E-state index < -0.39 is 32.5 Å². The van der Waals surface area contributed by atoms with Gasteiger partial charge in [0.05, 0.1) is 0 Å². The summed E-state index contributed by atoms with van der Waals surface area (Å²) in [6.45, 7) is 2.58. The predicted octanol–water partition coefficient (Wildman–Crippen LogP) is 0.959. The van der Waals surface area contributed by atoms with Crippen LogP contribution in [0.15, 0.2) is 0 Å². The van der Waals surface area contributed by atoms with E-state index in [2.05, 4.69) is 5.32 Å². The van der Waals surface area contributed by atoms with Crippen LogP contribution in [0.25, 0.3) is 0 Å². The van der Waals surface area contributed by atoms with E-state index >= 15 is 0 Å². The molecule has 116 valence electrons. The first-order valence-corrected chi connectivity index (χ1v) is 8.70. The molecule has 1 fully saturated rings. The topological polar surface area (TPSA) is 101 Å². The largest absolute Gasteiger partial charge is 0.480 e. The molecule has 0 bridgehead atoms. The lowest BCUT2D eigenvalue weighted by Gasteiger charge is -2.30. The van der Waals surface area contributed by atoms with Crippen molar-refractivity contribution in [3.8, 4) is 0 Å². The summed E-state index contributed by atoms with van der Waals surface area (Å²) in [6.07, 6.45) is 5.43. The number of rotatable bonds is 5. The quantitative estimate of drug-likeness (QED) is 0.788. The molecule has 1 rings (SSSR count). The maximum absolute atomic E-state index is 12.1. The molecule has 1 atom stereocenters. The Morgan fingerprint density at radius 2 is 1.70 bits per heavy atom. The Kier molecular flexibility index (Phi) is 5.18. The van der Waals surface area contributed by atoms with Gasteiger partial charge in [0.1, 0.15) is 10.8 Å². The standard InChI is InChI=1S/C13H23NO5S/c1-13(2,20(3,18)19)12(17)14-10(11(15)16)9-7-5-4-6-8-9/h9-10H,4-8H2,1-3H3,(H,14,17)(H,15,16). The van der Waals surface area contributed by atoms with Crippen molar-refractivity contribution in [2.45, 2.75) is 56.7 Å². The van der Waals surface area contributed by atoms with Crippen LogP contribution in [0.1, 0.15) is 46.0 Å². The van der Waals surface area contributed by atoms with Crippen LogP contribution in [0, 0.1) is 5.92 Å². The van der Waals surface area contributed by atoms with Crippen molar-refractivity contribution in [3.63, 3.8) is 0 Å². The number of sulfone groups is 1. The zero-order valence-electron chi connectivity index (χ0n) is 12.2. The Morgan fingerprint density at radius 3 is 2.10 bits per heavy atom. The van der Waals surface area contributed by atoms with Gasteiger partial charge in [-0.15, -0.1) is 0 Å². The number of carboxylic acid groups (broad SMARTS) is 1. The summed E-state index contributed by atoms with van der Waals surface area (Å²) in [4.78, 5) is 23.5. The number of amides is 1. The number of carbonyl (C=O) groups excluding carboxylic acids is 1. The van der Waals surface area contributed by atoms with Gasteiger partial charge in [0, 0.05) is 6.26 Å². The molecule has 20 heavy (non-hydrogen) atoms. The molecule has 1 aliphatic rings. The van der Waals surface area contributed by atoms with Crippen molar-refractivity contribution in [3.05, 3.63) is 0 Å². The molecule has 1 aliphatic carbocycles. The third kappa shape index (κ3) is 3.71. The fraction of sp³-hybridized carbons (Fsp3) is 0.846. The fourth-order valence-electron chi connectivity index (χ4n) is 2.33. The average molecular weight is 305 g/mol. The molecule has 0 spiro atoms. The molecule has 0 heterocycles. The van der Waals surface area contributed by atoms with Crippen LogP contribution < -0.4 is 5.32 Å². The van der Waals surface area contributed by atoms with Gasteiger partial charge >= 0.3 is 5.97 Å². The Labute approximate surface area is 119 Å². The second kappa shape index (κ2) is 6.11. The van der Waals surface area contributed by atoms with Crippen LogP contribution >= 0.6 is 0 Å². The third-order valence-corrected chi connectivity index (χ3v) is 6.19. The van der Waals surface area contributed by atoms with Gasteiger partial charge in [0.15, 0.2) is 9.84 Å². The lowest BCUT2D eigenvalue weighted by Crippen LogP contribution is -2.55. The molecular weight excluding hydrogens is 282 g/mol. The molecular formula is C13H23NO5S. The van der Waals surface area contributed by atoms with Crippen molar-refractivity contribution < 1.29 is 23.1 Å². The third-order valence-electron chi connectivity index (χ3n) is 4.15. The van der Waals surface area contributed by atoms with Crippen LogP contribution in [-0.2, 0) is 19.4 Å². The first-order chi connectivity index (χ1) is 9.07. The summed E-state index contributed by atoms with van der Waals surface area (Å²) in [5.74, 6) is -1.98. The molecule has 1 amide bonds. The van der Waals surface area contributed by atoms with Gasteiger partial charge in [-0.05, 0) is 32.6 Å². The van der Waals surface area contributed by atoms with E-state index in [4.69, 9.17) is 0 Å². The first-order valence-electron chi connectivity index (χ1n) is 6.80. The number of aliphatic carboxylic acids is 1. The molecule has 0 aromatic heterocycles. The van der Waals surface area contributed by atoms with Crippen molar-refractivity contribution >= 4 is 21.7 Å². The van der Waals surface area contributed by atoms with Gasteiger partial charge in [-0.1, -0.05) is 19.3 Å². The van der Waals surface area contributed by atoms with E-state index in [9.17, 15) is 23.1 Å². The second-order valence-corrected chi connectivity index (χ2v) is 8.53. The zero-order valence-corrected chi connectivity index (χ0v) is 13.0. The summed E-state index contributed by atoms with van der Waals surface area (Å²) in [5, 5.41) is 11.7.